The molecule has 11 heteroatoms. The number of ether oxygens (including phenoxy) is 1. The summed E-state index contributed by atoms with van der Waals surface area (Å²) in [6.07, 6.45) is -6.37. The maximum absolute atomic E-state index is 13.4. The highest BCUT2D eigenvalue weighted by atomic mass is 19.4. The maximum atomic E-state index is 13.4. The second-order valence-corrected chi connectivity index (χ2v) is 6.65. The average molecular weight is 409 g/mol. The third kappa shape index (κ3) is 4.55. The predicted molar refractivity (Wildman–Crippen MR) is 95.9 cm³/mol. The molecule has 3 rings (SSSR count). The third-order valence-corrected chi connectivity index (χ3v) is 4.40. The summed E-state index contributed by atoms with van der Waals surface area (Å²) < 4.78 is 45.3. The van der Waals surface area contributed by atoms with Crippen molar-refractivity contribution < 1.29 is 27.8 Å². The van der Waals surface area contributed by atoms with E-state index in [2.05, 4.69) is 15.3 Å². The van der Waals surface area contributed by atoms with Crippen molar-refractivity contribution in [3.05, 3.63) is 30.1 Å². The smallest absolute Gasteiger partial charge is 0.392 e. The molecule has 2 N–H and O–H groups in total. The number of aliphatic hydroxyl groups is 1. The number of nitriles is 1. The minimum Gasteiger partial charge on any atom is -0.392 e. The standard InChI is InChI=1S/C18H18F3N5O3/c1-10(27)7-25-17(28)13-8-26(9-14(29-13)18(19,20)21)12-3-2-11(6-22)15-16(12)24-5-4-23-15/h2-5,10,13-14,27H,7-9H2,1H3,(H,25,28)/t10?,13-,14+/m0/s1. The molecule has 0 spiro atoms. The summed E-state index contributed by atoms with van der Waals surface area (Å²) >= 11 is 0. The topological polar surface area (TPSA) is 111 Å². The number of aliphatic hydroxyl groups excluding tert-OH is 1. The van der Waals surface area contributed by atoms with E-state index in [1.54, 1.807) is 0 Å². The van der Waals surface area contributed by atoms with Gasteiger partial charge in [-0.15, -0.1) is 0 Å². The van der Waals surface area contributed by atoms with E-state index in [1.165, 1.54) is 36.4 Å². The van der Waals surface area contributed by atoms with E-state index in [0.717, 1.165) is 0 Å². The van der Waals surface area contributed by atoms with E-state index in [1.807, 2.05) is 6.07 Å². The fraction of sp³-hybridized carbons (Fsp3) is 0.444. The number of hydrogen-bond donors (Lipinski definition) is 2. The van der Waals surface area contributed by atoms with Crippen LogP contribution in [0.15, 0.2) is 24.5 Å². The Hall–Kier alpha value is -2.97. The van der Waals surface area contributed by atoms with Gasteiger partial charge < -0.3 is 20.1 Å². The maximum Gasteiger partial charge on any atom is 0.416 e. The molecule has 1 aliphatic rings. The first-order valence-electron chi connectivity index (χ1n) is 8.77. The molecule has 8 nitrogen and oxygen atoms in total. The van der Waals surface area contributed by atoms with Crippen LogP contribution in [0.4, 0.5) is 18.9 Å². The quantitative estimate of drug-likeness (QED) is 0.779. The zero-order valence-electron chi connectivity index (χ0n) is 15.3. The minimum absolute atomic E-state index is 0.110. The van der Waals surface area contributed by atoms with Crippen LogP contribution < -0.4 is 10.2 Å². The van der Waals surface area contributed by atoms with Crippen molar-refractivity contribution in [1.82, 2.24) is 15.3 Å². The van der Waals surface area contributed by atoms with Gasteiger partial charge in [0.05, 0.1) is 30.4 Å². The number of fused-ring (bicyclic) bond motifs is 1. The van der Waals surface area contributed by atoms with Crippen molar-refractivity contribution >= 4 is 22.6 Å². The first-order chi connectivity index (χ1) is 13.7. The Kier molecular flexibility index (Phi) is 5.86. The van der Waals surface area contributed by atoms with Crippen molar-refractivity contribution in [1.29, 1.82) is 5.26 Å². The number of aromatic nitrogens is 2. The highest BCUT2D eigenvalue weighted by Crippen LogP contribution is 2.33. The molecule has 1 aromatic heterocycles. The molecule has 1 saturated heterocycles. The molecule has 3 atom stereocenters. The molecule has 154 valence electrons. The Labute approximate surface area is 163 Å². The van der Waals surface area contributed by atoms with Crippen LogP contribution in [0, 0.1) is 11.3 Å². The number of carbonyl (C=O) groups excluding carboxylic acids is 1. The fourth-order valence-corrected chi connectivity index (χ4v) is 3.03. The van der Waals surface area contributed by atoms with E-state index in [9.17, 15) is 28.3 Å². The van der Waals surface area contributed by atoms with Crippen molar-refractivity contribution in [2.24, 2.45) is 0 Å². The van der Waals surface area contributed by atoms with E-state index < -0.39 is 36.9 Å². The molecule has 2 heterocycles. The lowest BCUT2D eigenvalue weighted by Gasteiger charge is -2.39. The normalized spacial score (nSPS) is 20.9. The summed E-state index contributed by atoms with van der Waals surface area (Å²) in [6, 6.07) is 4.91. The lowest BCUT2D eigenvalue weighted by Crippen LogP contribution is -2.57. The second kappa shape index (κ2) is 8.18. The number of nitrogens with one attached hydrogen (secondary N) is 1. The zero-order chi connectivity index (χ0) is 21.2. The summed E-state index contributed by atoms with van der Waals surface area (Å²) in [5, 5.41) is 20.9. The minimum atomic E-state index is -4.68. The molecule has 1 fully saturated rings. The summed E-state index contributed by atoms with van der Waals surface area (Å²) in [6.45, 7) is 0.631. The number of carbonyl (C=O) groups is 1. The number of amides is 1. The third-order valence-electron chi connectivity index (χ3n) is 4.40. The Balaban J connectivity index is 1.96. The van der Waals surface area contributed by atoms with Gasteiger partial charge in [-0.25, -0.2) is 0 Å². The SMILES string of the molecule is CC(O)CNC(=O)[C@@H]1CN(c2ccc(C#N)c3nccnc23)C[C@H](C(F)(F)F)O1. The van der Waals surface area contributed by atoms with Crippen molar-refractivity contribution in [3.63, 3.8) is 0 Å². The first-order valence-corrected chi connectivity index (χ1v) is 8.77. The zero-order valence-corrected chi connectivity index (χ0v) is 15.3. The number of halogens is 3. The number of nitrogens with zero attached hydrogens (tertiary/aromatic N) is 4. The van der Waals surface area contributed by atoms with E-state index in [4.69, 9.17) is 4.74 Å². The number of alkyl halides is 3. The predicted octanol–water partition coefficient (Wildman–Crippen LogP) is 1.13. The van der Waals surface area contributed by atoms with E-state index in [-0.39, 0.29) is 29.7 Å². The van der Waals surface area contributed by atoms with Gasteiger partial charge in [-0.05, 0) is 19.1 Å². The average Bonchev–Trinajstić information content (AvgIpc) is 2.70. The monoisotopic (exact) mass is 409 g/mol. The summed E-state index contributed by atoms with van der Waals surface area (Å²) in [7, 11) is 0. The Bertz CT molecular complexity index is 944. The van der Waals surface area contributed by atoms with Crippen LogP contribution in [-0.2, 0) is 9.53 Å². The number of anilines is 1. The molecular formula is C18H18F3N5O3. The molecule has 1 unspecified atom stereocenters. The van der Waals surface area contributed by atoms with Gasteiger partial charge in [0.1, 0.15) is 17.1 Å². The van der Waals surface area contributed by atoms with Gasteiger partial charge in [-0.3, -0.25) is 14.8 Å². The first kappa shape index (κ1) is 20.8. The molecule has 0 aliphatic carbocycles. The Morgan fingerprint density at radius 3 is 2.69 bits per heavy atom. The van der Waals surface area contributed by atoms with Crippen molar-refractivity contribution in [2.45, 2.75) is 31.4 Å². The number of hydrogen-bond acceptors (Lipinski definition) is 7. The van der Waals surface area contributed by atoms with Gasteiger partial charge in [0.25, 0.3) is 5.91 Å². The molecule has 1 aliphatic heterocycles. The lowest BCUT2D eigenvalue weighted by atomic mass is 10.1. The van der Waals surface area contributed by atoms with Crippen LogP contribution in [0.25, 0.3) is 11.0 Å². The van der Waals surface area contributed by atoms with Crippen molar-refractivity contribution in [3.8, 4) is 6.07 Å². The van der Waals surface area contributed by atoms with Gasteiger partial charge >= 0.3 is 6.18 Å². The van der Waals surface area contributed by atoms with Crippen LogP contribution in [-0.4, -0.2) is 65.1 Å². The van der Waals surface area contributed by atoms with Gasteiger partial charge in [-0.2, -0.15) is 18.4 Å². The molecular weight excluding hydrogens is 391 g/mol. The summed E-state index contributed by atoms with van der Waals surface area (Å²) in [5.74, 6) is -0.756. The molecule has 2 aromatic rings. The van der Waals surface area contributed by atoms with E-state index in [0.29, 0.717) is 5.69 Å². The van der Waals surface area contributed by atoms with Crippen LogP contribution in [0.1, 0.15) is 12.5 Å². The highest BCUT2D eigenvalue weighted by Gasteiger charge is 2.47. The van der Waals surface area contributed by atoms with Crippen LogP contribution >= 0.6 is 0 Å². The largest absolute Gasteiger partial charge is 0.416 e. The Morgan fingerprint density at radius 2 is 2.07 bits per heavy atom. The number of benzene rings is 1. The highest BCUT2D eigenvalue weighted by molar-refractivity contribution is 5.92. The molecule has 1 aromatic carbocycles. The fourth-order valence-electron chi connectivity index (χ4n) is 3.03. The van der Waals surface area contributed by atoms with Gasteiger partial charge in [0.15, 0.2) is 12.2 Å². The van der Waals surface area contributed by atoms with E-state index >= 15 is 0 Å². The molecule has 29 heavy (non-hydrogen) atoms. The van der Waals surface area contributed by atoms with Gasteiger partial charge in [-0.1, -0.05) is 0 Å². The molecule has 0 radical (unpaired) electrons. The van der Waals surface area contributed by atoms with Crippen LogP contribution in [0.2, 0.25) is 0 Å². The lowest BCUT2D eigenvalue weighted by molar-refractivity contribution is -0.234. The molecule has 1 amide bonds. The number of rotatable bonds is 4. The second-order valence-electron chi connectivity index (χ2n) is 6.65. The Morgan fingerprint density at radius 1 is 1.38 bits per heavy atom. The van der Waals surface area contributed by atoms with Gasteiger partial charge in [0, 0.05) is 18.9 Å². The molecule has 0 bridgehead atoms. The van der Waals surface area contributed by atoms with Crippen LogP contribution in [0.5, 0.6) is 0 Å². The summed E-state index contributed by atoms with van der Waals surface area (Å²) in [5.41, 5.74) is 1.08. The van der Waals surface area contributed by atoms with Crippen LogP contribution in [0.3, 0.4) is 0 Å². The molecule has 0 saturated carbocycles. The van der Waals surface area contributed by atoms with Crippen molar-refractivity contribution in [2.75, 3.05) is 24.5 Å². The number of morpholine rings is 1. The van der Waals surface area contributed by atoms with Gasteiger partial charge in [0.2, 0.25) is 0 Å². The summed E-state index contributed by atoms with van der Waals surface area (Å²) in [4.78, 5) is 21.9.